The molecule has 0 N–H and O–H groups in total. The summed E-state index contributed by atoms with van der Waals surface area (Å²) in [6.07, 6.45) is 3.02. The van der Waals surface area contributed by atoms with Crippen LogP contribution in [0.4, 0.5) is 11.4 Å². The molecule has 4 rings (SSSR count). The molecule has 0 saturated carbocycles. The van der Waals surface area contributed by atoms with Crippen LogP contribution in [0, 0.1) is 0 Å². The number of nitrogens with zero attached hydrogens (tertiary/aromatic N) is 2. The Hall–Kier alpha value is -3.27. The Morgan fingerprint density at radius 2 is 1.72 bits per heavy atom. The summed E-state index contributed by atoms with van der Waals surface area (Å²) in [5.74, 6) is 2.94. The number of hydrogen-bond donors (Lipinski definition) is 0. The predicted octanol–water partition coefficient (Wildman–Crippen LogP) is 7.35. The van der Waals surface area contributed by atoms with Crippen molar-refractivity contribution in [3.8, 4) is 17.2 Å². The largest absolute Gasteiger partial charge is 0.496 e. The van der Waals surface area contributed by atoms with Crippen molar-refractivity contribution in [3.63, 3.8) is 0 Å². The number of para-hydroxylation sites is 1. The summed E-state index contributed by atoms with van der Waals surface area (Å²) in [6, 6.07) is 22.0. The van der Waals surface area contributed by atoms with Crippen molar-refractivity contribution in [2.24, 2.45) is 4.99 Å². The van der Waals surface area contributed by atoms with Gasteiger partial charge in [0.1, 0.15) is 17.2 Å². The van der Waals surface area contributed by atoms with Crippen LogP contribution in [-0.2, 0) is 0 Å². The molecule has 4 nitrogen and oxygen atoms in total. The van der Waals surface area contributed by atoms with E-state index in [4.69, 9.17) is 14.5 Å². The fourth-order valence-corrected chi connectivity index (χ4v) is 4.77. The van der Waals surface area contributed by atoms with E-state index in [-0.39, 0.29) is 5.54 Å². The molecule has 32 heavy (non-hydrogen) atoms. The molecule has 0 aliphatic carbocycles. The SMILES string of the molecule is CCN1c2cc(OC)c(C=Nc3ccc(Oc4ccccc4)cc3)cc2C(C)CC1(C)C. The Bertz CT molecular complexity index is 1090. The molecule has 1 aliphatic rings. The molecule has 3 aromatic rings. The summed E-state index contributed by atoms with van der Waals surface area (Å²) in [4.78, 5) is 7.18. The second kappa shape index (κ2) is 9.07. The van der Waals surface area contributed by atoms with E-state index in [2.05, 4.69) is 44.7 Å². The van der Waals surface area contributed by atoms with Crippen LogP contribution in [0.2, 0.25) is 0 Å². The molecule has 1 unspecified atom stereocenters. The summed E-state index contributed by atoms with van der Waals surface area (Å²) < 4.78 is 11.6. The van der Waals surface area contributed by atoms with Gasteiger partial charge in [-0.1, -0.05) is 25.1 Å². The van der Waals surface area contributed by atoms with Gasteiger partial charge in [-0.15, -0.1) is 0 Å². The van der Waals surface area contributed by atoms with Gasteiger partial charge in [0, 0.05) is 35.6 Å². The van der Waals surface area contributed by atoms with E-state index >= 15 is 0 Å². The molecule has 0 spiro atoms. The lowest BCUT2D eigenvalue weighted by Gasteiger charge is -2.47. The van der Waals surface area contributed by atoms with E-state index in [0.29, 0.717) is 5.92 Å². The third-order valence-corrected chi connectivity index (χ3v) is 6.22. The van der Waals surface area contributed by atoms with Gasteiger partial charge >= 0.3 is 0 Å². The highest BCUT2D eigenvalue weighted by Gasteiger charge is 2.36. The van der Waals surface area contributed by atoms with Crippen LogP contribution in [-0.4, -0.2) is 25.4 Å². The zero-order valence-electron chi connectivity index (χ0n) is 19.6. The number of benzene rings is 3. The molecule has 0 fully saturated rings. The van der Waals surface area contributed by atoms with Crippen molar-refractivity contribution in [2.45, 2.75) is 45.6 Å². The number of rotatable bonds is 6. The molecule has 1 heterocycles. The lowest BCUT2D eigenvalue weighted by atomic mass is 9.79. The molecular weight excluding hydrogens is 396 g/mol. The monoisotopic (exact) mass is 428 g/mol. The standard InChI is InChI=1S/C28H32N2O2/c1-6-30-26-17-27(31-5)21(16-25(26)20(2)18-28(30,3)4)19-29-22-12-14-24(15-13-22)32-23-10-8-7-9-11-23/h7-17,19-20H,6,18H2,1-5H3. The number of hydrogen-bond acceptors (Lipinski definition) is 4. The number of fused-ring (bicyclic) bond motifs is 1. The van der Waals surface area contributed by atoms with E-state index in [1.807, 2.05) is 60.8 Å². The Labute approximate surface area is 191 Å². The normalized spacial score (nSPS) is 17.3. The molecule has 0 radical (unpaired) electrons. The Morgan fingerprint density at radius 3 is 2.38 bits per heavy atom. The first-order valence-electron chi connectivity index (χ1n) is 11.3. The lowest BCUT2D eigenvalue weighted by Crippen LogP contribution is -2.48. The Kier molecular flexibility index (Phi) is 6.22. The van der Waals surface area contributed by atoms with Crippen LogP contribution in [0.25, 0.3) is 0 Å². The fraction of sp³-hybridized carbons (Fsp3) is 0.321. The van der Waals surface area contributed by atoms with Crippen molar-refractivity contribution in [1.82, 2.24) is 0 Å². The smallest absolute Gasteiger partial charge is 0.129 e. The van der Waals surface area contributed by atoms with Crippen LogP contribution >= 0.6 is 0 Å². The molecule has 0 aromatic heterocycles. The zero-order chi connectivity index (χ0) is 22.7. The van der Waals surface area contributed by atoms with Crippen molar-refractivity contribution in [2.75, 3.05) is 18.6 Å². The third-order valence-electron chi connectivity index (χ3n) is 6.22. The molecule has 4 heteroatoms. The van der Waals surface area contributed by atoms with Crippen LogP contribution in [0.3, 0.4) is 0 Å². The van der Waals surface area contributed by atoms with E-state index in [1.54, 1.807) is 7.11 Å². The highest BCUT2D eigenvalue weighted by molar-refractivity contribution is 5.88. The molecule has 0 bridgehead atoms. The molecular formula is C28H32N2O2. The Morgan fingerprint density at radius 1 is 1.03 bits per heavy atom. The van der Waals surface area contributed by atoms with Gasteiger partial charge in [-0.05, 0) is 81.1 Å². The maximum absolute atomic E-state index is 5.87. The first-order valence-corrected chi connectivity index (χ1v) is 11.3. The topological polar surface area (TPSA) is 34.1 Å². The first kappa shape index (κ1) is 21.9. The van der Waals surface area contributed by atoms with E-state index in [9.17, 15) is 0 Å². The minimum Gasteiger partial charge on any atom is -0.496 e. The highest BCUT2D eigenvalue weighted by atomic mass is 16.5. The minimum atomic E-state index is 0.130. The van der Waals surface area contributed by atoms with Gasteiger partial charge in [0.25, 0.3) is 0 Å². The average molecular weight is 429 g/mol. The quantitative estimate of drug-likeness (QED) is 0.385. The Balaban J connectivity index is 1.58. The van der Waals surface area contributed by atoms with Crippen LogP contribution in [0.15, 0.2) is 71.7 Å². The number of ether oxygens (including phenoxy) is 2. The second-order valence-electron chi connectivity index (χ2n) is 8.98. The maximum atomic E-state index is 5.87. The van der Waals surface area contributed by atoms with Crippen LogP contribution in [0.1, 0.15) is 51.2 Å². The molecule has 0 amide bonds. The highest BCUT2D eigenvalue weighted by Crippen LogP contribution is 2.45. The van der Waals surface area contributed by atoms with E-state index in [0.717, 1.165) is 41.5 Å². The van der Waals surface area contributed by atoms with Gasteiger partial charge < -0.3 is 14.4 Å². The van der Waals surface area contributed by atoms with Crippen LogP contribution in [0.5, 0.6) is 17.2 Å². The average Bonchev–Trinajstić information content (AvgIpc) is 2.78. The molecule has 1 aliphatic heterocycles. The zero-order valence-corrected chi connectivity index (χ0v) is 19.6. The van der Waals surface area contributed by atoms with Crippen molar-refractivity contribution < 1.29 is 9.47 Å². The van der Waals surface area contributed by atoms with E-state index in [1.165, 1.54) is 11.3 Å². The van der Waals surface area contributed by atoms with Crippen molar-refractivity contribution >= 4 is 17.6 Å². The number of aliphatic imine (C=N–C) groups is 1. The molecule has 3 aromatic carbocycles. The van der Waals surface area contributed by atoms with Gasteiger partial charge in [-0.25, -0.2) is 0 Å². The first-order chi connectivity index (χ1) is 15.4. The third kappa shape index (κ3) is 4.50. The number of methoxy groups -OCH3 is 1. The lowest BCUT2D eigenvalue weighted by molar-refractivity contribution is 0.377. The minimum absolute atomic E-state index is 0.130. The predicted molar refractivity (Wildman–Crippen MR) is 133 cm³/mol. The van der Waals surface area contributed by atoms with Crippen molar-refractivity contribution in [3.05, 3.63) is 77.9 Å². The number of anilines is 1. The van der Waals surface area contributed by atoms with Gasteiger partial charge in [0.15, 0.2) is 0 Å². The maximum Gasteiger partial charge on any atom is 0.129 e. The molecule has 166 valence electrons. The summed E-state index contributed by atoms with van der Waals surface area (Å²) in [6.45, 7) is 10.1. The van der Waals surface area contributed by atoms with Gasteiger partial charge in [-0.2, -0.15) is 0 Å². The van der Waals surface area contributed by atoms with Gasteiger partial charge in [0.05, 0.1) is 12.8 Å². The molecule has 0 saturated heterocycles. The summed E-state index contributed by atoms with van der Waals surface area (Å²) in [7, 11) is 1.72. The van der Waals surface area contributed by atoms with Crippen molar-refractivity contribution in [1.29, 1.82) is 0 Å². The molecule has 1 atom stereocenters. The fourth-order valence-electron chi connectivity index (χ4n) is 4.77. The van der Waals surface area contributed by atoms with Gasteiger partial charge in [0.2, 0.25) is 0 Å². The van der Waals surface area contributed by atoms with Gasteiger partial charge in [-0.3, -0.25) is 4.99 Å². The van der Waals surface area contributed by atoms with E-state index < -0.39 is 0 Å². The summed E-state index contributed by atoms with van der Waals surface area (Å²) >= 11 is 0. The van der Waals surface area contributed by atoms with Crippen LogP contribution < -0.4 is 14.4 Å². The summed E-state index contributed by atoms with van der Waals surface area (Å²) in [5, 5.41) is 0. The second-order valence-corrected chi connectivity index (χ2v) is 8.98. The summed E-state index contributed by atoms with van der Waals surface area (Å²) in [5.41, 5.74) is 4.63.